The molecule has 24 heavy (non-hydrogen) atoms. The SMILES string of the molecule is CN(CCCNS(=O)(=O)c1ccc(C#N)cc1)Cc1ccccc1. The van der Waals surface area contributed by atoms with Gasteiger partial charge in [-0.15, -0.1) is 0 Å². The largest absolute Gasteiger partial charge is 0.302 e. The van der Waals surface area contributed by atoms with Crippen molar-refractivity contribution in [1.29, 1.82) is 5.26 Å². The molecule has 0 aliphatic rings. The summed E-state index contributed by atoms with van der Waals surface area (Å²) < 4.78 is 26.9. The van der Waals surface area contributed by atoms with Gasteiger partial charge in [-0.3, -0.25) is 0 Å². The van der Waals surface area contributed by atoms with Crippen LogP contribution >= 0.6 is 0 Å². The van der Waals surface area contributed by atoms with E-state index in [1.54, 1.807) is 0 Å². The van der Waals surface area contributed by atoms with Crippen LogP contribution in [0.1, 0.15) is 17.5 Å². The second kappa shape index (κ2) is 8.60. The number of nitrogens with one attached hydrogen (secondary N) is 1. The van der Waals surface area contributed by atoms with Crippen LogP contribution in [0.3, 0.4) is 0 Å². The summed E-state index contributed by atoms with van der Waals surface area (Å²) in [5.41, 5.74) is 1.68. The molecule has 0 saturated heterocycles. The zero-order valence-corrected chi connectivity index (χ0v) is 14.5. The Morgan fingerprint density at radius 3 is 2.38 bits per heavy atom. The van der Waals surface area contributed by atoms with Crippen LogP contribution in [0.25, 0.3) is 0 Å². The van der Waals surface area contributed by atoms with Gasteiger partial charge in [-0.1, -0.05) is 30.3 Å². The van der Waals surface area contributed by atoms with Gasteiger partial charge in [-0.25, -0.2) is 13.1 Å². The van der Waals surface area contributed by atoms with Crippen LogP contribution in [0.4, 0.5) is 0 Å². The Morgan fingerprint density at radius 1 is 1.08 bits per heavy atom. The van der Waals surface area contributed by atoms with E-state index in [9.17, 15) is 8.42 Å². The summed E-state index contributed by atoms with van der Waals surface area (Å²) >= 11 is 0. The third kappa shape index (κ3) is 5.46. The van der Waals surface area contributed by atoms with Gasteiger partial charge in [0.15, 0.2) is 0 Å². The third-order valence-electron chi connectivity index (χ3n) is 3.60. The predicted molar refractivity (Wildman–Crippen MR) is 93.7 cm³/mol. The van der Waals surface area contributed by atoms with Crippen LogP contribution in [-0.2, 0) is 16.6 Å². The molecular formula is C18H21N3O2S. The average molecular weight is 343 g/mol. The van der Waals surface area contributed by atoms with E-state index in [1.807, 2.05) is 31.3 Å². The number of hydrogen-bond donors (Lipinski definition) is 1. The lowest BCUT2D eigenvalue weighted by Crippen LogP contribution is -2.28. The average Bonchev–Trinajstić information content (AvgIpc) is 2.60. The first kappa shape index (κ1) is 18.1. The molecule has 0 aliphatic heterocycles. The Bertz CT molecular complexity index is 781. The van der Waals surface area contributed by atoms with E-state index in [2.05, 4.69) is 21.8 Å². The molecule has 2 rings (SSSR count). The highest BCUT2D eigenvalue weighted by Gasteiger charge is 2.13. The molecule has 0 unspecified atom stereocenters. The van der Waals surface area contributed by atoms with Crippen LogP contribution in [0.5, 0.6) is 0 Å². The van der Waals surface area contributed by atoms with Crippen molar-refractivity contribution >= 4 is 10.0 Å². The second-order valence-corrected chi connectivity index (χ2v) is 7.38. The molecule has 0 atom stereocenters. The van der Waals surface area contributed by atoms with Gasteiger partial charge in [0, 0.05) is 13.1 Å². The topological polar surface area (TPSA) is 73.2 Å². The minimum atomic E-state index is -3.52. The van der Waals surface area contributed by atoms with Gasteiger partial charge in [0.2, 0.25) is 10.0 Å². The van der Waals surface area contributed by atoms with Gasteiger partial charge in [0.25, 0.3) is 0 Å². The Hall–Kier alpha value is -2.20. The fourth-order valence-corrected chi connectivity index (χ4v) is 3.40. The van der Waals surface area contributed by atoms with Crippen LogP contribution < -0.4 is 4.72 Å². The number of benzene rings is 2. The van der Waals surface area contributed by atoms with Crippen molar-refractivity contribution in [2.75, 3.05) is 20.1 Å². The van der Waals surface area contributed by atoms with Crippen LogP contribution in [0, 0.1) is 11.3 Å². The minimum Gasteiger partial charge on any atom is -0.302 e. The maximum atomic E-state index is 12.2. The van der Waals surface area contributed by atoms with Gasteiger partial charge < -0.3 is 4.90 Å². The van der Waals surface area contributed by atoms with Crippen molar-refractivity contribution in [3.05, 3.63) is 65.7 Å². The molecule has 2 aromatic carbocycles. The van der Waals surface area contributed by atoms with E-state index >= 15 is 0 Å². The zero-order chi connectivity index (χ0) is 17.4. The third-order valence-corrected chi connectivity index (χ3v) is 5.07. The molecule has 0 bridgehead atoms. The normalized spacial score (nSPS) is 11.4. The predicted octanol–water partition coefficient (Wildman–Crippen LogP) is 2.36. The fourth-order valence-electron chi connectivity index (χ4n) is 2.32. The number of sulfonamides is 1. The van der Waals surface area contributed by atoms with Crippen molar-refractivity contribution in [1.82, 2.24) is 9.62 Å². The minimum absolute atomic E-state index is 0.180. The lowest BCUT2D eigenvalue weighted by molar-refractivity contribution is 0.322. The highest BCUT2D eigenvalue weighted by atomic mass is 32.2. The van der Waals surface area contributed by atoms with Crippen LogP contribution in [-0.4, -0.2) is 33.5 Å². The highest BCUT2D eigenvalue weighted by Crippen LogP contribution is 2.10. The molecule has 1 N–H and O–H groups in total. The number of nitriles is 1. The molecule has 0 aromatic heterocycles. The molecular weight excluding hydrogens is 322 g/mol. The summed E-state index contributed by atoms with van der Waals surface area (Å²) in [4.78, 5) is 2.34. The molecule has 0 saturated carbocycles. The van der Waals surface area contributed by atoms with Gasteiger partial charge >= 0.3 is 0 Å². The Labute approximate surface area is 143 Å². The first-order valence-electron chi connectivity index (χ1n) is 7.73. The first-order valence-corrected chi connectivity index (χ1v) is 9.22. The van der Waals surface area contributed by atoms with E-state index in [0.717, 1.165) is 19.5 Å². The summed E-state index contributed by atoms with van der Waals surface area (Å²) in [7, 11) is -1.50. The first-order chi connectivity index (χ1) is 11.5. The summed E-state index contributed by atoms with van der Waals surface area (Å²) in [6.45, 7) is 2.01. The monoisotopic (exact) mass is 343 g/mol. The van der Waals surface area contributed by atoms with E-state index in [4.69, 9.17) is 5.26 Å². The molecule has 0 heterocycles. The van der Waals surface area contributed by atoms with Crippen molar-refractivity contribution in [2.24, 2.45) is 0 Å². The van der Waals surface area contributed by atoms with E-state index in [-0.39, 0.29) is 4.90 Å². The standard InChI is InChI=1S/C18H21N3O2S/c1-21(15-17-6-3-2-4-7-17)13-5-12-20-24(22,23)18-10-8-16(14-19)9-11-18/h2-4,6-11,20H,5,12-13,15H2,1H3. The summed E-state index contributed by atoms with van der Waals surface area (Å²) in [6.07, 6.45) is 0.721. The molecule has 0 spiro atoms. The maximum Gasteiger partial charge on any atom is 0.240 e. The van der Waals surface area contributed by atoms with Gasteiger partial charge in [-0.05, 0) is 49.8 Å². The Morgan fingerprint density at radius 2 is 1.75 bits per heavy atom. The quantitative estimate of drug-likeness (QED) is 0.747. The van der Waals surface area contributed by atoms with Crippen molar-refractivity contribution in [3.8, 4) is 6.07 Å². The van der Waals surface area contributed by atoms with E-state index in [1.165, 1.54) is 29.8 Å². The highest BCUT2D eigenvalue weighted by molar-refractivity contribution is 7.89. The number of nitrogens with zero attached hydrogens (tertiary/aromatic N) is 2. The molecule has 126 valence electrons. The van der Waals surface area contributed by atoms with Crippen LogP contribution in [0.2, 0.25) is 0 Å². The Balaban J connectivity index is 1.77. The molecule has 0 radical (unpaired) electrons. The summed E-state index contributed by atoms with van der Waals surface area (Å²) in [6, 6.07) is 18.0. The smallest absolute Gasteiger partial charge is 0.240 e. The van der Waals surface area contributed by atoms with Gasteiger partial charge in [0.05, 0.1) is 16.5 Å². The second-order valence-electron chi connectivity index (χ2n) is 5.61. The zero-order valence-electron chi connectivity index (χ0n) is 13.6. The van der Waals surface area contributed by atoms with Crippen molar-refractivity contribution < 1.29 is 8.42 Å². The van der Waals surface area contributed by atoms with E-state index in [0.29, 0.717) is 12.1 Å². The van der Waals surface area contributed by atoms with Crippen LogP contribution in [0.15, 0.2) is 59.5 Å². The summed E-state index contributed by atoms with van der Waals surface area (Å²) in [5, 5.41) is 8.74. The fraction of sp³-hybridized carbons (Fsp3) is 0.278. The lowest BCUT2D eigenvalue weighted by atomic mass is 10.2. The van der Waals surface area contributed by atoms with Crippen molar-refractivity contribution in [3.63, 3.8) is 0 Å². The Kier molecular flexibility index (Phi) is 6.50. The number of hydrogen-bond acceptors (Lipinski definition) is 4. The molecule has 6 heteroatoms. The maximum absolute atomic E-state index is 12.2. The molecule has 2 aromatic rings. The van der Waals surface area contributed by atoms with E-state index < -0.39 is 10.0 Å². The van der Waals surface area contributed by atoms with Gasteiger partial charge in [-0.2, -0.15) is 5.26 Å². The van der Waals surface area contributed by atoms with Crippen molar-refractivity contribution in [2.45, 2.75) is 17.9 Å². The molecule has 0 aliphatic carbocycles. The van der Waals surface area contributed by atoms with Gasteiger partial charge in [0.1, 0.15) is 0 Å². The summed E-state index contributed by atoms with van der Waals surface area (Å²) in [5.74, 6) is 0. The molecule has 5 nitrogen and oxygen atoms in total. The lowest BCUT2D eigenvalue weighted by Gasteiger charge is -2.16. The number of rotatable bonds is 8. The molecule has 0 amide bonds. The molecule has 0 fully saturated rings.